The average molecular weight is 202 g/mol. The van der Waals surface area contributed by atoms with Gasteiger partial charge < -0.3 is 14.6 Å². The highest BCUT2D eigenvalue weighted by Crippen LogP contribution is 2.18. The molecule has 1 aliphatic heterocycles. The van der Waals surface area contributed by atoms with Crippen LogP contribution >= 0.6 is 0 Å². The molecule has 0 aromatic carbocycles. The van der Waals surface area contributed by atoms with Crippen molar-refractivity contribution in [1.29, 1.82) is 0 Å². The number of aliphatic hydroxyl groups is 1. The highest BCUT2D eigenvalue weighted by molar-refractivity contribution is 4.67. The summed E-state index contributed by atoms with van der Waals surface area (Å²) in [6, 6.07) is 0. The first-order chi connectivity index (χ1) is 6.64. The predicted octanol–water partition coefficient (Wildman–Crippen LogP) is 1.45. The van der Waals surface area contributed by atoms with Crippen LogP contribution in [0.1, 0.15) is 26.7 Å². The summed E-state index contributed by atoms with van der Waals surface area (Å²) in [5.74, 6) is 0.651. The van der Waals surface area contributed by atoms with E-state index < -0.39 is 0 Å². The molecule has 0 aromatic rings. The largest absolute Gasteiger partial charge is 0.396 e. The minimum absolute atomic E-state index is 0.106. The zero-order valence-electron chi connectivity index (χ0n) is 9.29. The summed E-state index contributed by atoms with van der Waals surface area (Å²) in [5.41, 5.74) is -0.106. The van der Waals surface area contributed by atoms with Gasteiger partial charge in [0.05, 0.1) is 13.2 Å². The summed E-state index contributed by atoms with van der Waals surface area (Å²) in [4.78, 5) is 0. The molecule has 0 radical (unpaired) electrons. The van der Waals surface area contributed by atoms with Crippen LogP contribution in [0.2, 0.25) is 0 Å². The number of hydrogen-bond donors (Lipinski definition) is 1. The molecule has 1 rings (SSSR count). The van der Waals surface area contributed by atoms with Gasteiger partial charge in [0.15, 0.2) is 0 Å². The minimum atomic E-state index is -0.106. The Kier molecular flexibility index (Phi) is 4.85. The van der Waals surface area contributed by atoms with E-state index in [1.807, 2.05) is 13.8 Å². The fourth-order valence-electron chi connectivity index (χ4n) is 1.46. The Bertz CT molecular complexity index is 151. The standard InChI is InChI=1S/C11H22O3/c1-11(2,8-12)9-14-7-10-3-5-13-6-4-10/h10,12H,3-9H2,1-2H3. The molecule has 1 fully saturated rings. The molecule has 0 unspecified atom stereocenters. The van der Waals surface area contributed by atoms with Gasteiger partial charge in [0.2, 0.25) is 0 Å². The monoisotopic (exact) mass is 202 g/mol. The smallest absolute Gasteiger partial charge is 0.0539 e. The molecule has 14 heavy (non-hydrogen) atoms. The third-order valence-electron chi connectivity index (χ3n) is 2.62. The van der Waals surface area contributed by atoms with Crippen molar-refractivity contribution < 1.29 is 14.6 Å². The molecule has 0 amide bonds. The van der Waals surface area contributed by atoms with Gasteiger partial charge >= 0.3 is 0 Å². The van der Waals surface area contributed by atoms with Crippen LogP contribution in [0, 0.1) is 11.3 Å². The minimum Gasteiger partial charge on any atom is -0.396 e. The molecule has 0 aliphatic carbocycles. The first-order valence-corrected chi connectivity index (χ1v) is 5.40. The zero-order valence-corrected chi connectivity index (χ0v) is 9.29. The van der Waals surface area contributed by atoms with Crippen LogP contribution in [0.5, 0.6) is 0 Å². The quantitative estimate of drug-likeness (QED) is 0.733. The van der Waals surface area contributed by atoms with Gasteiger partial charge in [-0.05, 0) is 18.8 Å². The Hall–Kier alpha value is -0.120. The van der Waals surface area contributed by atoms with Crippen molar-refractivity contribution in [3.05, 3.63) is 0 Å². The topological polar surface area (TPSA) is 38.7 Å². The molecule has 1 heterocycles. The second-order valence-corrected chi connectivity index (χ2v) is 4.89. The molecule has 0 atom stereocenters. The lowest BCUT2D eigenvalue weighted by molar-refractivity contribution is -0.0146. The van der Waals surface area contributed by atoms with Gasteiger partial charge in [-0.3, -0.25) is 0 Å². The molecule has 1 aliphatic rings. The van der Waals surface area contributed by atoms with Gasteiger partial charge in [0.1, 0.15) is 0 Å². The molecule has 1 N–H and O–H groups in total. The predicted molar refractivity (Wildman–Crippen MR) is 55.2 cm³/mol. The van der Waals surface area contributed by atoms with Crippen molar-refractivity contribution in [3.63, 3.8) is 0 Å². The van der Waals surface area contributed by atoms with Gasteiger partial charge in [0.25, 0.3) is 0 Å². The summed E-state index contributed by atoms with van der Waals surface area (Å²) in [7, 11) is 0. The number of aliphatic hydroxyl groups excluding tert-OH is 1. The lowest BCUT2D eigenvalue weighted by atomic mass is 9.96. The maximum absolute atomic E-state index is 9.03. The SMILES string of the molecule is CC(C)(CO)COCC1CCOCC1. The van der Waals surface area contributed by atoms with Crippen LogP contribution < -0.4 is 0 Å². The molecule has 0 aromatic heterocycles. The van der Waals surface area contributed by atoms with Crippen molar-refractivity contribution in [3.8, 4) is 0 Å². The maximum Gasteiger partial charge on any atom is 0.0539 e. The zero-order chi connectivity index (χ0) is 10.4. The molecule has 0 bridgehead atoms. The molecule has 3 heteroatoms. The maximum atomic E-state index is 9.03. The Morgan fingerprint density at radius 2 is 2.00 bits per heavy atom. The fraction of sp³-hybridized carbons (Fsp3) is 1.00. The summed E-state index contributed by atoms with van der Waals surface area (Å²) < 4.78 is 10.9. The Labute approximate surface area is 86.4 Å². The van der Waals surface area contributed by atoms with Crippen molar-refractivity contribution in [2.45, 2.75) is 26.7 Å². The third kappa shape index (κ3) is 4.40. The highest BCUT2D eigenvalue weighted by atomic mass is 16.5. The van der Waals surface area contributed by atoms with Gasteiger partial charge in [-0.1, -0.05) is 13.8 Å². The van der Waals surface area contributed by atoms with Crippen LogP contribution in [-0.4, -0.2) is 38.1 Å². The van der Waals surface area contributed by atoms with Crippen molar-refractivity contribution in [1.82, 2.24) is 0 Å². The van der Waals surface area contributed by atoms with Gasteiger partial charge in [-0.25, -0.2) is 0 Å². The van der Waals surface area contributed by atoms with Gasteiger partial charge in [-0.2, -0.15) is 0 Å². The lowest BCUT2D eigenvalue weighted by Gasteiger charge is -2.25. The van der Waals surface area contributed by atoms with Crippen molar-refractivity contribution >= 4 is 0 Å². The molecule has 3 nitrogen and oxygen atoms in total. The molecule has 1 saturated heterocycles. The Morgan fingerprint density at radius 3 is 2.57 bits per heavy atom. The number of hydrogen-bond acceptors (Lipinski definition) is 3. The first kappa shape index (κ1) is 12.0. The highest BCUT2D eigenvalue weighted by Gasteiger charge is 2.19. The molecular weight excluding hydrogens is 180 g/mol. The van der Waals surface area contributed by atoms with Crippen LogP contribution in [0.4, 0.5) is 0 Å². The second kappa shape index (κ2) is 5.69. The van der Waals surface area contributed by atoms with E-state index in [2.05, 4.69) is 0 Å². The summed E-state index contributed by atoms with van der Waals surface area (Å²) in [5, 5.41) is 9.03. The lowest BCUT2D eigenvalue weighted by Crippen LogP contribution is -2.27. The molecule has 0 spiro atoms. The van der Waals surface area contributed by atoms with Crippen molar-refractivity contribution in [2.24, 2.45) is 11.3 Å². The summed E-state index contributed by atoms with van der Waals surface area (Å²) in [6.07, 6.45) is 2.22. The van der Waals surface area contributed by atoms with Crippen LogP contribution in [-0.2, 0) is 9.47 Å². The summed E-state index contributed by atoms with van der Waals surface area (Å²) in [6.45, 7) is 7.40. The van der Waals surface area contributed by atoms with E-state index in [-0.39, 0.29) is 12.0 Å². The van der Waals surface area contributed by atoms with E-state index >= 15 is 0 Å². The Balaban J connectivity index is 2.08. The van der Waals surface area contributed by atoms with Crippen LogP contribution in [0.25, 0.3) is 0 Å². The first-order valence-electron chi connectivity index (χ1n) is 5.40. The van der Waals surface area contributed by atoms with Crippen LogP contribution in [0.15, 0.2) is 0 Å². The van der Waals surface area contributed by atoms with E-state index in [4.69, 9.17) is 14.6 Å². The Morgan fingerprint density at radius 1 is 1.36 bits per heavy atom. The number of ether oxygens (including phenoxy) is 2. The molecular formula is C11H22O3. The third-order valence-corrected chi connectivity index (χ3v) is 2.62. The normalized spacial score (nSPS) is 19.9. The van der Waals surface area contributed by atoms with E-state index in [0.29, 0.717) is 12.5 Å². The van der Waals surface area contributed by atoms with Gasteiger partial charge in [-0.15, -0.1) is 0 Å². The van der Waals surface area contributed by atoms with E-state index in [9.17, 15) is 0 Å². The van der Waals surface area contributed by atoms with E-state index in [0.717, 1.165) is 32.7 Å². The second-order valence-electron chi connectivity index (χ2n) is 4.89. The van der Waals surface area contributed by atoms with Gasteiger partial charge in [0, 0.05) is 25.2 Å². The average Bonchev–Trinajstić information content (AvgIpc) is 2.19. The fourth-order valence-corrected chi connectivity index (χ4v) is 1.46. The molecule has 0 saturated carbocycles. The molecule has 84 valence electrons. The van der Waals surface area contributed by atoms with E-state index in [1.54, 1.807) is 0 Å². The van der Waals surface area contributed by atoms with E-state index in [1.165, 1.54) is 0 Å². The van der Waals surface area contributed by atoms with Crippen molar-refractivity contribution in [2.75, 3.05) is 33.0 Å². The van der Waals surface area contributed by atoms with Crippen LogP contribution in [0.3, 0.4) is 0 Å². The number of rotatable bonds is 5. The summed E-state index contributed by atoms with van der Waals surface area (Å²) >= 11 is 0.